The van der Waals surface area contributed by atoms with E-state index in [2.05, 4.69) is 31.2 Å². The van der Waals surface area contributed by atoms with Crippen LogP contribution in [0.3, 0.4) is 0 Å². The van der Waals surface area contributed by atoms with Crippen molar-refractivity contribution in [3.05, 3.63) is 108 Å². The zero-order valence-corrected chi connectivity index (χ0v) is 16.8. The van der Waals surface area contributed by atoms with Crippen molar-refractivity contribution in [3.63, 3.8) is 0 Å². The van der Waals surface area contributed by atoms with Crippen molar-refractivity contribution in [1.29, 1.82) is 0 Å². The molecule has 0 radical (unpaired) electrons. The Bertz CT molecular complexity index is 1030. The first-order valence-corrected chi connectivity index (χ1v) is 9.83. The van der Waals surface area contributed by atoms with Crippen LogP contribution >= 0.6 is 0 Å². The quantitative estimate of drug-likeness (QED) is 0.361. The predicted molar refractivity (Wildman–Crippen MR) is 122 cm³/mol. The van der Waals surface area contributed by atoms with Gasteiger partial charge in [0, 0.05) is 17.3 Å². The van der Waals surface area contributed by atoms with Crippen LogP contribution < -0.4 is 20.9 Å². The summed E-state index contributed by atoms with van der Waals surface area (Å²) in [5.41, 5.74) is 15.2. The first-order valence-electron chi connectivity index (χ1n) is 9.83. The molecule has 0 aliphatic carbocycles. The maximum absolute atomic E-state index is 5.98. The SMILES string of the molecule is CC(c1cccc(Oc2ccc(N)cc2)c1)c1cccc(Oc2ccc(N)cc2)c1. The maximum Gasteiger partial charge on any atom is 0.127 e. The molecule has 0 bridgehead atoms. The van der Waals surface area contributed by atoms with E-state index < -0.39 is 0 Å². The van der Waals surface area contributed by atoms with Crippen LogP contribution in [0, 0.1) is 0 Å². The highest BCUT2D eigenvalue weighted by molar-refractivity contribution is 5.46. The Labute approximate surface area is 176 Å². The van der Waals surface area contributed by atoms with Gasteiger partial charge in [-0.2, -0.15) is 0 Å². The number of nitrogens with two attached hydrogens (primary N) is 2. The Kier molecular flexibility index (Phi) is 5.57. The molecule has 0 aromatic heterocycles. The van der Waals surface area contributed by atoms with Crippen LogP contribution in [-0.2, 0) is 0 Å². The summed E-state index contributed by atoms with van der Waals surface area (Å²) in [5, 5.41) is 0. The lowest BCUT2D eigenvalue weighted by molar-refractivity contribution is 0.481. The van der Waals surface area contributed by atoms with Gasteiger partial charge in [0.2, 0.25) is 0 Å². The third kappa shape index (κ3) is 4.73. The number of hydrogen-bond donors (Lipinski definition) is 2. The van der Waals surface area contributed by atoms with Gasteiger partial charge in [-0.25, -0.2) is 0 Å². The van der Waals surface area contributed by atoms with Gasteiger partial charge < -0.3 is 20.9 Å². The van der Waals surface area contributed by atoms with Crippen LogP contribution in [0.25, 0.3) is 0 Å². The average Bonchev–Trinajstić information content (AvgIpc) is 2.77. The monoisotopic (exact) mass is 396 g/mol. The minimum atomic E-state index is 0.176. The fourth-order valence-electron chi connectivity index (χ4n) is 3.23. The fraction of sp³-hybridized carbons (Fsp3) is 0.0769. The predicted octanol–water partition coefficient (Wildman–Crippen LogP) is 6.59. The second kappa shape index (κ2) is 8.62. The lowest BCUT2D eigenvalue weighted by atomic mass is 9.93. The smallest absolute Gasteiger partial charge is 0.127 e. The summed E-state index contributed by atoms with van der Waals surface area (Å²) in [6.45, 7) is 2.17. The Morgan fingerprint density at radius 1 is 0.533 bits per heavy atom. The Morgan fingerprint density at radius 3 is 1.33 bits per heavy atom. The molecule has 150 valence electrons. The van der Waals surface area contributed by atoms with Crippen LogP contribution in [0.1, 0.15) is 24.0 Å². The Hall–Kier alpha value is -3.92. The van der Waals surface area contributed by atoms with Crippen molar-refractivity contribution < 1.29 is 9.47 Å². The number of nitrogen functional groups attached to an aromatic ring is 2. The molecule has 0 spiro atoms. The molecule has 0 amide bonds. The third-order valence-electron chi connectivity index (χ3n) is 4.95. The molecule has 4 nitrogen and oxygen atoms in total. The second-order valence-corrected chi connectivity index (χ2v) is 7.21. The summed E-state index contributed by atoms with van der Waals surface area (Å²) in [6, 6.07) is 31.0. The van der Waals surface area contributed by atoms with Gasteiger partial charge in [0.05, 0.1) is 0 Å². The highest BCUT2D eigenvalue weighted by Gasteiger charge is 2.11. The van der Waals surface area contributed by atoms with Gasteiger partial charge in [0.25, 0.3) is 0 Å². The van der Waals surface area contributed by atoms with Crippen molar-refractivity contribution in [2.24, 2.45) is 0 Å². The summed E-state index contributed by atoms with van der Waals surface area (Å²) in [6.07, 6.45) is 0. The van der Waals surface area contributed by atoms with E-state index in [0.717, 1.165) is 34.1 Å². The largest absolute Gasteiger partial charge is 0.457 e. The summed E-state index contributed by atoms with van der Waals surface area (Å²) in [4.78, 5) is 0. The van der Waals surface area contributed by atoms with Gasteiger partial charge >= 0.3 is 0 Å². The van der Waals surface area contributed by atoms with E-state index >= 15 is 0 Å². The van der Waals surface area contributed by atoms with E-state index in [0.29, 0.717) is 11.4 Å². The van der Waals surface area contributed by atoms with Crippen molar-refractivity contribution >= 4 is 11.4 Å². The zero-order valence-electron chi connectivity index (χ0n) is 16.8. The van der Waals surface area contributed by atoms with E-state index in [9.17, 15) is 0 Å². The Morgan fingerprint density at radius 2 is 0.933 bits per heavy atom. The van der Waals surface area contributed by atoms with E-state index in [1.165, 1.54) is 0 Å². The lowest BCUT2D eigenvalue weighted by Gasteiger charge is -2.15. The van der Waals surface area contributed by atoms with Crippen molar-refractivity contribution in [2.45, 2.75) is 12.8 Å². The Balaban J connectivity index is 1.52. The topological polar surface area (TPSA) is 70.5 Å². The van der Waals surface area contributed by atoms with Gasteiger partial charge in [-0.05, 0) is 83.9 Å². The summed E-state index contributed by atoms with van der Waals surface area (Å²) >= 11 is 0. The van der Waals surface area contributed by atoms with Crippen LogP contribution in [0.5, 0.6) is 23.0 Å². The van der Waals surface area contributed by atoms with Gasteiger partial charge in [0.15, 0.2) is 0 Å². The molecule has 30 heavy (non-hydrogen) atoms. The molecule has 4 heteroatoms. The van der Waals surface area contributed by atoms with Crippen molar-refractivity contribution in [1.82, 2.24) is 0 Å². The lowest BCUT2D eigenvalue weighted by Crippen LogP contribution is -1.97. The minimum absolute atomic E-state index is 0.176. The molecule has 4 N–H and O–H groups in total. The second-order valence-electron chi connectivity index (χ2n) is 7.21. The normalized spacial score (nSPS) is 10.7. The van der Waals surface area contributed by atoms with Crippen LogP contribution in [0.2, 0.25) is 0 Å². The van der Waals surface area contributed by atoms with Gasteiger partial charge in [-0.15, -0.1) is 0 Å². The molecule has 4 rings (SSSR count). The first-order chi connectivity index (χ1) is 14.6. The third-order valence-corrected chi connectivity index (χ3v) is 4.95. The average molecular weight is 396 g/mol. The van der Waals surface area contributed by atoms with Crippen molar-refractivity contribution in [2.75, 3.05) is 11.5 Å². The standard InChI is InChI=1S/C26H24N2O2/c1-18(19-4-2-6-25(16-19)29-23-12-8-21(27)9-13-23)20-5-3-7-26(17-20)30-24-14-10-22(28)11-15-24/h2-18H,27-28H2,1H3. The molecule has 4 aromatic rings. The molecule has 0 atom stereocenters. The van der Waals surface area contributed by atoms with Gasteiger partial charge in [-0.3, -0.25) is 0 Å². The number of hydrogen-bond acceptors (Lipinski definition) is 4. The highest BCUT2D eigenvalue weighted by Crippen LogP contribution is 2.32. The van der Waals surface area contributed by atoms with E-state index in [-0.39, 0.29) is 5.92 Å². The first kappa shape index (κ1) is 19.4. The van der Waals surface area contributed by atoms with Crippen LogP contribution in [0.15, 0.2) is 97.1 Å². The molecule has 0 fully saturated rings. The minimum Gasteiger partial charge on any atom is -0.457 e. The summed E-state index contributed by atoms with van der Waals surface area (Å²) in [7, 11) is 0. The molecule has 0 aliphatic rings. The highest BCUT2D eigenvalue weighted by atomic mass is 16.5. The summed E-state index contributed by atoms with van der Waals surface area (Å²) in [5.74, 6) is 3.27. The number of anilines is 2. The number of benzene rings is 4. The molecular formula is C26H24N2O2. The molecule has 4 aromatic carbocycles. The zero-order chi connectivity index (χ0) is 20.9. The van der Waals surface area contributed by atoms with Crippen LogP contribution in [-0.4, -0.2) is 0 Å². The number of ether oxygens (including phenoxy) is 2. The van der Waals surface area contributed by atoms with E-state index in [1.54, 1.807) is 0 Å². The molecule has 0 heterocycles. The molecular weight excluding hydrogens is 372 g/mol. The molecule has 0 saturated carbocycles. The molecule has 0 aliphatic heterocycles. The van der Waals surface area contributed by atoms with Crippen LogP contribution in [0.4, 0.5) is 11.4 Å². The fourth-order valence-corrected chi connectivity index (χ4v) is 3.23. The maximum atomic E-state index is 5.98. The summed E-state index contributed by atoms with van der Waals surface area (Å²) < 4.78 is 12.0. The van der Waals surface area contributed by atoms with E-state index in [4.69, 9.17) is 20.9 Å². The van der Waals surface area contributed by atoms with Crippen molar-refractivity contribution in [3.8, 4) is 23.0 Å². The number of rotatable bonds is 6. The van der Waals surface area contributed by atoms with Gasteiger partial charge in [0.1, 0.15) is 23.0 Å². The molecule has 0 saturated heterocycles. The molecule has 0 unspecified atom stereocenters. The van der Waals surface area contributed by atoms with Gasteiger partial charge in [-0.1, -0.05) is 31.2 Å². The van der Waals surface area contributed by atoms with E-state index in [1.807, 2.05) is 72.8 Å².